The molecule has 0 atom stereocenters. The third-order valence-electron chi connectivity index (χ3n) is 4.73. The lowest BCUT2D eigenvalue weighted by Gasteiger charge is -2.33. The van der Waals surface area contributed by atoms with Crippen LogP contribution in [0.3, 0.4) is 0 Å². The summed E-state index contributed by atoms with van der Waals surface area (Å²) in [6, 6.07) is 10.9. The average Bonchev–Trinajstić information content (AvgIpc) is 2.62. The van der Waals surface area contributed by atoms with Crippen LogP contribution >= 0.6 is 11.8 Å². The molecule has 2 aromatic rings. The van der Waals surface area contributed by atoms with Crippen LogP contribution in [-0.2, 0) is 0 Å². The van der Waals surface area contributed by atoms with E-state index >= 15 is 0 Å². The highest BCUT2D eigenvalue weighted by molar-refractivity contribution is 7.99. The Bertz CT molecular complexity index is 622. The van der Waals surface area contributed by atoms with Crippen molar-refractivity contribution in [1.82, 2.24) is 9.88 Å². The normalized spacial score (nSPS) is 17.7. The van der Waals surface area contributed by atoms with E-state index in [1.165, 1.54) is 66.5 Å². The molecule has 0 unspecified atom stereocenters. The van der Waals surface area contributed by atoms with E-state index < -0.39 is 0 Å². The largest absolute Gasteiger partial charge is 0.340 e. The molecular formula is C19H23N3S. The van der Waals surface area contributed by atoms with Crippen LogP contribution in [0.15, 0.2) is 52.5 Å². The monoisotopic (exact) mass is 325 g/mol. The maximum absolute atomic E-state index is 4.30. The molecule has 4 heteroatoms. The Labute approximate surface area is 142 Å². The third-order valence-corrected chi connectivity index (χ3v) is 5.83. The minimum Gasteiger partial charge on any atom is -0.340 e. The molecule has 0 saturated carbocycles. The number of nitrogens with zero attached hydrogens (tertiary/aromatic N) is 3. The number of benzene rings is 1. The minimum atomic E-state index is 1.07. The number of anilines is 2. The average molecular weight is 325 g/mol. The molecule has 3 heterocycles. The van der Waals surface area contributed by atoms with Gasteiger partial charge in [0.1, 0.15) is 0 Å². The molecule has 2 aliphatic heterocycles. The van der Waals surface area contributed by atoms with Crippen molar-refractivity contribution in [2.75, 3.05) is 31.1 Å². The Balaban J connectivity index is 1.50. The Morgan fingerprint density at radius 3 is 2.65 bits per heavy atom. The van der Waals surface area contributed by atoms with E-state index in [4.69, 9.17) is 0 Å². The van der Waals surface area contributed by atoms with Crippen molar-refractivity contribution < 1.29 is 0 Å². The summed E-state index contributed by atoms with van der Waals surface area (Å²) in [5.41, 5.74) is 2.65. The Morgan fingerprint density at radius 2 is 1.74 bits per heavy atom. The van der Waals surface area contributed by atoms with Crippen molar-refractivity contribution in [3.05, 3.63) is 42.7 Å². The molecule has 0 spiro atoms. The lowest BCUT2D eigenvalue weighted by molar-refractivity contribution is 0.227. The summed E-state index contributed by atoms with van der Waals surface area (Å²) in [5.74, 6) is 0. The molecule has 2 aliphatic rings. The van der Waals surface area contributed by atoms with Crippen LogP contribution in [0.5, 0.6) is 0 Å². The summed E-state index contributed by atoms with van der Waals surface area (Å²) in [4.78, 5) is 12.0. The van der Waals surface area contributed by atoms with Crippen molar-refractivity contribution in [2.24, 2.45) is 0 Å². The summed E-state index contributed by atoms with van der Waals surface area (Å²) in [6.07, 6.45) is 9.27. The first-order chi connectivity index (χ1) is 11.4. The lowest BCUT2D eigenvalue weighted by Crippen LogP contribution is -2.33. The fraction of sp³-hybridized carbons (Fsp3) is 0.421. The van der Waals surface area contributed by atoms with Gasteiger partial charge in [0.2, 0.25) is 0 Å². The van der Waals surface area contributed by atoms with Gasteiger partial charge in [0.25, 0.3) is 0 Å². The highest BCUT2D eigenvalue weighted by Gasteiger charge is 2.23. The van der Waals surface area contributed by atoms with Gasteiger partial charge in [-0.05, 0) is 57.1 Å². The van der Waals surface area contributed by atoms with Crippen LogP contribution in [0, 0.1) is 0 Å². The van der Waals surface area contributed by atoms with E-state index in [1.807, 2.05) is 24.2 Å². The van der Waals surface area contributed by atoms with Crippen molar-refractivity contribution >= 4 is 23.1 Å². The van der Waals surface area contributed by atoms with Gasteiger partial charge in [-0.15, -0.1) is 0 Å². The van der Waals surface area contributed by atoms with Crippen LogP contribution in [-0.4, -0.2) is 36.1 Å². The number of rotatable bonds is 4. The Hall–Kier alpha value is -1.52. The second-order valence-electron chi connectivity index (χ2n) is 6.32. The van der Waals surface area contributed by atoms with E-state index in [1.54, 1.807) is 0 Å². The summed E-state index contributed by atoms with van der Waals surface area (Å²) >= 11 is 1.83. The van der Waals surface area contributed by atoms with Crippen molar-refractivity contribution in [1.29, 1.82) is 0 Å². The number of aromatic nitrogens is 1. The summed E-state index contributed by atoms with van der Waals surface area (Å²) in [6.45, 7) is 4.86. The van der Waals surface area contributed by atoms with E-state index in [2.05, 4.69) is 45.1 Å². The number of hydrogen-bond acceptors (Lipinski definition) is 4. The van der Waals surface area contributed by atoms with Gasteiger partial charge in [0.05, 0.1) is 16.3 Å². The molecule has 4 rings (SSSR count). The summed E-state index contributed by atoms with van der Waals surface area (Å²) < 4.78 is 0. The van der Waals surface area contributed by atoms with Crippen molar-refractivity contribution in [3.8, 4) is 0 Å². The highest BCUT2D eigenvalue weighted by Crippen LogP contribution is 2.47. The minimum absolute atomic E-state index is 1.07. The fourth-order valence-corrected chi connectivity index (χ4v) is 4.63. The fourth-order valence-electron chi connectivity index (χ4n) is 3.57. The van der Waals surface area contributed by atoms with Gasteiger partial charge in [-0.25, -0.2) is 0 Å². The summed E-state index contributed by atoms with van der Waals surface area (Å²) in [7, 11) is 0. The second kappa shape index (κ2) is 6.93. The number of hydrogen-bond donors (Lipinski definition) is 0. The number of para-hydroxylation sites is 1. The Kier molecular flexibility index (Phi) is 4.53. The molecule has 1 aromatic heterocycles. The number of pyridine rings is 1. The van der Waals surface area contributed by atoms with Crippen LogP contribution in [0.4, 0.5) is 11.4 Å². The van der Waals surface area contributed by atoms with E-state index in [0.29, 0.717) is 0 Å². The van der Waals surface area contributed by atoms with Crippen molar-refractivity contribution in [2.45, 2.75) is 35.5 Å². The van der Waals surface area contributed by atoms with Gasteiger partial charge in [-0.3, -0.25) is 4.98 Å². The maximum atomic E-state index is 4.30. The van der Waals surface area contributed by atoms with E-state index in [9.17, 15) is 0 Å². The lowest BCUT2D eigenvalue weighted by atomic mass is 10.1. The van der Waals surface area contributed by atoms with E-state index in [0.717, 1.165) is 6.54 Å². The molecule has 1 saturated heterocycles. The number of fused-ring (bicyclic) bond motifs is 2. The standard InChI is InChI=1S/C19H23N3S/c1-4-11-21(12-5-1)13-6-14-22-16-7-2-3-8-18(16)23-19-15-20-10-9-17(19)22/h2-3,7-10,15H,1,4-6,11-14H2. The highest BCUT2D eigenvalue weighted by atomic mass is 32.2. The molecule has 1 fully saturated rings. The van der Waals surface area contributed by atoms with Crippen molar-refractivity contribution in [3.63, 3.8) is 0 Å². The predicted molar refractivity (Wildman–Crippen MR) is 96.7 cm³/mol. The first kappa shape index (κ1) is 15.0. The molecule has 0 bridgehead atoms. The first-order valence-electron chi connectivity index (χ1n) is 8.62. The number of piperidine rings is 1. The molecule has 3 nitrogen and oxygen atoms in total. The zero-order valence-corrected chi connectivity index (χ0v) is 14.3. The van der Waals surface area contributed by atoms with Crippen LogP contribution in [0.2, 0.25) is 0 Å². The second-order valence-corrected chi connectivity index (χ2v) is 7.40. The summed E-state index contributed by atoms with van der Waals surface area (Å²) in [5, 5.41) is 0. The quantitative estimate of drug-likeness (QED) is 0.820. The van der Waals surface area contributed by atoms with Crippen LogP contribution in [0.1, 0.15) is 25.7 Å². The molecule has 0 aliphatic carbocycles. The Morgan fingerprint density at radius 1 is 0.913 bits per heavy atom. The van der Waals surface area contributed by atoms with Crippen LogP contribution < -0.4 is 4.90 Å². The van der Waals surface area contributed by atoms with Gasteiger partial charge in [0.15, 0.2) is 0 Å². The van der Waals surface area contributed by atoms with Gasteiger partial charge >= 0.3 is 0 Å². The predicted octanol–water partition coefficient (Wildman–Crippen LogP) is 4.56. The van der Waals surface area contributed by atoms with E-state index in [-0.39, 0.29) is 0 Å². The molecule has 1 aromatic carbocycles. The molecule has 0 radical (unpaired) electrons. The van der Waals surface area contributed by atoms with Gasteiger partial charge in [-0.1, -0.05) is 30.3 Å². The van der Waals surface area contributed by atoms with Gasteiger partial charge in [0, 0.05) is 23.8 Å². The zero-order valence-electron chi connectivity index (χ0n) is 13.4. The maximum Gasteiger partial charge on any atom is 0.0584 e. The molecule has 0 amide bonds. The SMILES string of the molecule is c1ccc2c(c1)Sc1cnccc1N2CCCN1CCCCC1. The topological polar surface area (TPSA) is 19.4 Å². The molecular weight excluding hydrogens is 302 g/mol. The smallest absolute Gasteiger partial charge is 0.0584 e. The molecule has 23 heavy (non-hydrogen) atoms. The van der Waals surface area contributed by atoms with Gasteiger partial charge in [-0.2, -0.15) is 0 Å². The molecule has 120 valence electrons. The zero-order chi connectivity index (χ0) is 15.5. The van der Waals surface area contributed by atoms with Gasteiger partial charge < -0.3 is 9.80 Å². The number of likely N-dealkylation sites (tertiary alicyclic amines) is 1. The molecule has 0 N–H and O–H groups in total. The third kappa shape index (κ3) is 3.24. The van der Waals surface area contributed by atoms with Crippen LogP contribution in [0.25, 0.3) is 0 Å². The first-order valence-corrected chi connectivity index (χ1v) is 9.44.